The molecule has 0 saturated carbocycles. The standard InChI is InChI=1S/C11H7FN2O3/c12-8-4-2-1-3-6(8)9-7(10(15)16)5-13-11(17)14-9/h1-5H,(H,15,16)(H,13,14,17). The van der Waals surface area contributed by atoms with Crippen molar-refractivity contribution in [2.45, 2.75) is 0 Å². The minimum Gasteiger partial charge on any atom is -0.478 e. The zero-order valence-corrected chi connectivity index (χ0v) is 8.48. The van der Waals surface area contributed by atoms with E-state index in [4.69, 9.17) is 5.11 Å². The Morgan fingerprint density at radius 2 is 2.06 bits per heavy atom. The van der Waals surface area contributed by atoms with Gasteiger partial charge in [-0.25, -0.2) is 19.0 Å². The topological polar surface area (TPSA) is 83.0 Å². The average molecular weight is 234 g/mol. The molecule has 1 aromatic heterocycles. The second kappa shape index (κ2) is 4.17. The van der Waals surface area contributed by atoms with E-state index >= 15 is 0 Å². The monoisotopic (exact) mass is 234 g/mol. The minimum atomic E-state index is -1.29. The summed E-state index contributed by atoms with van der Waals surface area (Å²) in [6.45, 7) is 0. The molecule has 0 fully saturated rings. The first-order chi connectivity index (χ1) is 8.09. The van der Waals surface area contributed by atoms with Crippen molar-refractivity contribution in [1.82, 2.24) is 9.97 Å². The van der Waals surface area contributed by atoms with Crippen LogP contribution in [0, 0.1) is 5.82 Å². The maximum Gasteiger partial charge on any atom is 0.345 e. The molecular formula is C11H7FN2O3. The van der Waals surface area contributed by atoms with Gasteiger partial charge < -0.3 is 10.1 Å². The molecule has 0 bridgehead atoms. The van der Waals surface area contributed by atoms with E-state index in [1.807, 2.05) is 0 Å². The third-order valence-corrected chi connectivity index (χ3v) is 2.19. The highest BCUT2D eigenvalue weighted by molar-refractivity contribution is 5.94. The van der Waals surface area contributed by atoms with Crippen LogP contribution in [-0.2, 0) is 0 Å². The number of nitrogens with one attached hydrogen (secondary N) is 1. The smallest absolute Gasteiger partial charge is 0.345 e. The van der Waals surface area contributed by atoms with Crippen molar-refractivity contribution in [3.63, 3.8) is 0 Å². The van der Waals surface area contributed by atoms with Gasteiger partial charge in [0.05, 0.1) is 5.69 Å². The Bertz CT molecular complexity index is 637. The van der Waals surface area contributed by atoms with Crippen molar-refractivity contribution < 1.29 is 14.3 Å². The van der Waals surface area contributed by atoms with E-state index in [-0.39, 0.29) is 16.8 Å². The van der Waals surface area contributed by atoms with Gasteiger partial charge in [0.15, 0.2) is 0 Å². The van der Waals surface area contributed by atoms with Crippen molar-refractivity contribution in [1.29, 1.82) is 0 Å². The van der Waals surface area contributed by atoms with Crippen LogP contribution in [0.3, 0.4) is 0 Å². The van der Waals surface area contributed by atoms with Crippen molar-refractivity contribution in [3.8, 4) is 11.3 Å². The van der Waals surface area contributed by atoms with Crippen LogP contribution < -0.4 is 5.69 Å². The van der Waals surface area contributed by atoms with Gasteiger partial charge in [-0.2, -0.15) is 0 Å². The van der Waals surface area contributed by atoms with Crippen LogP contribution in [0.4, 0.5) is 4.39 Å². The van der Waals surface area contributed by atoms with Crippen LogP contribution >= 0.6 is 0 Å². The summed E-state index contributed by atoms with van der Waals surface area (Å²) < 4.78 is 13.5. The van der Waals surface area contributed by atoms with Gasteiger partial charge in [-0.05, 0) is 12.1 Å². The lowest BCUT2D eigenvalue weighted by Crippen LogP contribution is -2.15. The largest absolute Gasteiger partial charge is 0.478 e. The molecule has 2 rings (SSSR count). The zero-order chi connectivity index (χ0) is 12.4. The first kappa shape index (κ1) is 11.0. The predicted molar refractivity (Wildman–Crippen MR) is 57.2 cm³/mol. The van der Waals surface area contributed by atoms with Crippen LogP contribution in [-0.4, -0.2) is 21.0 Å². The van der Waals surface area contributed by atoms with E-state index in [0.717, 1.165) is 6.20 Å². The molecule has 0 unspecified atom stereocenters. The Morgan fingerprint density at radius 3 is 2.71 bits per heavy atom. The molecular weight excluding hydrogens is 227 g/mol. The van der Waals surface area contributed by atoms with Crippen LogP contribution in [0.1, 0.15) is 10.4 Å². The van der Waals surface area contributed by atoms with E-state index < -0.39 is 17.5 Å². The number of carboxylic acid groups (broad SMARTS) is 1. The lowest BCUT2D eigenvalue weighted by Gasteiger charge is -2.05. The molecule has 5 nitrogen and oxygen atoms in total. The number of aromatic amines is 1. The molecule has 0 aliphatic rings. The number of rotatable bonds is 2. The Labute approximate surface area is 94.6 Å². The molecule has 0 amide bonds. The van der Waals surface area contributed by atoms with Crippen molar-refractivity contribution in [2.75, 3.05) is 0 Å². The van der Waals surface area contributed by atoms with Gasteiger partial charge in [0.25, 0.3) is 0 Å². The van der Waals surface area contributed by atoms with E-state index in [0.29, 0.717) is 0 Å². The molecule has 86 valence electrons. The molecule has 0 atom stereocenters. The summed E-state index contributed by atoms with van der Waals surface area (Å²) in [5, 5.41) is 8.92. The SMILES string of the molecule is O=C(O)c1cnc(=O)[nH]c1-c1ccccc1F. The van der Waals surface area contributed by atoms with Gasteiger partial charge in [0, 0.05) is 11.8 Å². The molecule has 0 saturated heterocycles. The lowest BCUT2D eigenvalue weighted by molar-refractivity contribution is 0.0697. The number of nitrogens with zero attached hydrogens (tertiary/aromatic N) is 1. The second-order valence-corrected chi connectivity index (χ2v) is 3.26. The zero-order valence-electron chi connectivity index (χ0n) is 8.48. The second-order valence-electron chi connectivity index (χ2n) is 3.26. The van der Waals surface area contributed by atoms with E-state index in [2.05, 4.69) is 9.97 Å². The molecule has 2 aromatic rings. The number of H-pyrrole nitrogens is 1. The first-order valence-electron chi connectivity index (χ1n) is 4.67. The van der Waals surface area contributed by atoms with E-state index in [9.17, 15) is 14.0 Å². The van der Waals surface area contributed by atoms with Crippen molar-refractivity contribution in [2.24, 2.45) is 0 Å². The molecule has 6 heteroatoms. The number of carbonyl (C=O) groups is 1. The van der Waals surface area contributed by atoms with E-state index in [1.165, 1.54) is 18.2 Å². The summed E-state index contributed by atoms with van der Waals surface area (Å²) in [5.74, 6) is -1.90. The van der Waals surface area contributed by atoms with Gasteiger partial charge in [-0.1, -0.05) is 12.1 Å². The molecule has 0 aliphatic heterocycles. The average Bonchev–Trinajstić information content (AvgIpc) is 2.29. The van der Waals surface area contributed by atoms with Crippen LogP contribution in [0.5, 0.6) is 0 Å². The molecule has 17 heavy (non-hydrogen) atoms. The Balaban J connectivity index is 2.74. The highest BCUT2D eigenvalue weighted by atomic mass is 19.1. The number of aromatic nitrogens is 2. The Hall–Kier alpha value is -2.50. The molecule has 2 N–H and O–H groups in total. The summed E-state index contributed by atoms with van der Waals surface area (Å²) in [7, 11) is 0. The van der Waals surface area contributed by atoms with E-state index in [1.54, 1.807) is 6.07 Å². The third kappa shape index (κ3) is 2.05. The number of benzene rings is 1. The fraction of sp³-hybridized carbons (Fsp3) is 0. The van der Waals surface area contributed by atoms with Gasteiger partial charge in [0.2, 0.25) is 0 Å². The maximum absolute atomic E-state index is 13.5. The van der Waals surface area contributed by atoms with Gasteiger partial charge >= 0.3 is 11.7 Å². The summed E-state index contributed by atoms with van der Waals surface area (Å²) in [4.78, 5) is 27.5. The summed E-state index contributed by atoms with van der Waals surface area (Å²) >= 11 is 0. The molecule has 0 radical (unpaired) electrons. The fourth-order valence-electron chi connectivity index (χ4n) is 1.43. The minimum absolute atomic E-state index is 0.0180. The lowest BCUT2D eigenvalue weighted by atomic mass is 10.1. The number of carboxylic acids is 1. The number of hydrogen-bond donors (Lipinski definition) is 2. The predicted octanol–water partition coefficient (Wildman–Crippen LogP) is 1.27. The maximum atomic E-state index is 13.5. The quantitative estimate of drug-likeness (QED) is 0.819. The highest BCUT2D eigenvalue weighted by Gasteiger charge is 2.15. The van der Waals surface area contributed by atoms with Crippen LogP contribution in [0.25, 0.3) is 11.3 Å². The highest BCUT2D eigenvalue weighted by Crippen LogP contribution is 2.22. The van der Waals surface area contributed by atoms with Crippen molar-refractivity contribution in [3.05, 3.63) is 52.3 Å². The number of halogens is 1. The van der Waals surface area contributed by atoms with Gasteiger partial charge in [-0.15, -0.1) is 0 Å². The van der Waals surface area contributed by atoms with Crippen LogP contribution in [0.2, 0.25) is 0 Å². The molecule has 1 aromatic carbocycles. The van der Waals surface area contributed by atoms with Gasteiger partial charge in [-0.3, -0.25) is 0 Å². The fourth-order valence-corrected chi connectivity index (χ4v) is 1.43. The van der Waals surface area contributed by atoms with Crippen LogP contribution in [0.15, 0.2) is 35.3 Å². The Morgan fingerprint density at radius 1 is 1.35 bits per heavy atom. The molecule has 0 spiro atoms. The molecule has 0 aliphatic carbocycles. The number of aromatic carboxylic acids is 1. The number of hydrogen-bond acceptors (Lipinski definition) is 3. The first-order valence-corrected chi connectivity index (χ1v) is 4.67. The summed E-state index contributed by atoms with van der Waals surface area (Å²) in [6, 6.07) is 5.58. The Kier molecular flexibility index (Phi) is 2.70. The summed E-state index contributed by atoms with van der Waals surface area (Å²) in [5.41, 5.74) is -1.05. The van der Waals surface area contributed by atoms with Crippen molar-refractivity contribution >= 4 is 5.97 Å². The third-order valence-electron chi connectivity index (χ3n) is 2.19. The summed E-state index contributed by atoms with van der Waals surface area (Å²) in [6.07, 6.45) is 0.906. The molecule has 1 heterocycles. The normalized spacial score (nSPS) is 10.2. The van der Waals surface area contributed by atoms with Gasteiger partial charge in [0.1, 0.15) is 11.4 Å².